The van der Waals surface area contributed by atoms with Crippen LogP contribution < -0.4 is 4.74 Å². The van der Waals surface area contributed by atoms with Crippen LogP contribution in [-0.4, -0.2) is 12.0 Å². The summed E-state index contributed by atoms with van der Waals surface area (Å²) in [6.07, 6.45) is 0. The molecule has 0 unspecified atom stereocenters. The highest BCUT2D eigenvalue weighted by atomic mass is 79.9. The third kappa shape index (κ3) is 2.13. The van der Waals surface area contributed by atoms with Crippen LogP contribution in [0.15, 0.2) is 21.5 Å². The van der Waals surface area contributed by atoms with Crippen molar-refractivity contribution in [2.75, 3.05) is 7.11 Å². The molecule has 0 N–H and O–H groups in total. The summed E-state index contributed by atoms with van der Waals surface area (Å²) in [7, 11) is 1.37. The summed E-state index contributed by atoms with van der Waals surface area (Å²) < 4.78 is 5.46. The molecule has 0 saturated carbocycles. The van der Waals surface area contributed by atoms with Gasteiger partial charge in [0.2, 0.25) is 5.75 Å². The van der Waals surface area contributed by atoms with Gasteiger partial charge in [0.05, 0.1) is 16.9 Å². The lowest BCUT2D eigenvalue weighted by atomic mass is 10.3. The van der Waals surface area contributed by atoms with Gasteiger partial charge in [-0.3, -0.25) is 10.1 Å². The molecule has 1 rings (SSSR count). The van der Waals surface area contributed by atoms with E-state index in [0.717, 1.165) is 0 Å². The SMILES string of the molecule is COc1c(S)cc(Br)cc1[N+](=O)[O-]. The maximum Gasteiger partial charge on any atom is 0.313 e. The lowest BCUT2D eigenvalue weighted by Gasteiger charge is -2.04. The molecule has 0 aromatic heterocycles. The van der Waals surface area contributed by atoms with Gasteiger partial charge in [0.1, 0.15) is 0 Å². The van der Waals surface area contributed by atoms with Gasteiger partial charge in [-0.1, -0.05) is 15.9 Å². The smallest absolute Gasteiger partial charge is 0.313 e. The molecule has 0 aliphatic rings. The number of benzene rings is 1. The van der Waals surface area contributed by atoms with E-state index in [9.17, 15) is 10.1 Å². The highest BCUT2D eigenvalue weighted by molar-refractivity contribution is 9.10. The Labute approximate surface area is 88.6 Å². The molecule has 0 fully saturated rings. The molecule has 0 aliphatic heterocycles. The minimum Gasteiger partial charge on any atom is -0.489 e. The van der Waals surface area contributed by atoms with E-state index in [2.05, 4.69) is 28.6 Å². The van der Waals surface area contributed by atoms with Crippen molar-refractivity contribution in [1.82, 2.24) is 0 Å². The van der Waals surface area contributed by atoms with Crippen molar-refractivity contribution in [3.8, 4) is 5.75 Å². The van der Waals surface area contributed by atoms with Crippen molar-refractivity contribution in [1.29, 1.82) is 0 Å². The summed E-state index contributed by atoms with van der Waals surface area (Å²) in [5.74, 6) is 0.177. The van der Waals surface area contributed by atoms with Crippen molar-refractivity contribution in [3.63, 3.8) is 0 Å². The largest absolute Gasteiger partial charge is 0.489 e. The average molecular weight is 264 g/mol. The fourth-order valence-corrected chi connectivity index (χ4v) is 1.88. The zero-order chi connectivity index (χ0) is 10.0. The van der Waals surface area contributed by atoms with Crippen LogP contribution in [0.1, 0.15) is 0 Å². The van der Waals surface area contributed by atoms with E-state index in [1.165, 1.54) is 13.2 Å². The minimum atomic E-state index is -0.511. The van der Waals surface area contributed by atoms with E-state index >= 15 is 0 Å². The molecule has 0 amide bonds. The Morgan fingerprint density at radius 1 is 1.62 bits per heavy atom. The third-order valence-electron chi connectivity index (χ3n) is 1.42. The van der Waals surface area contributed by atoms with E-state index in [1.807, 2.05) is 0 Å². The van der Waals surface area contributed by atoms with Gasteiger partial charge in [-0.05, 0) is 6.07 Å². The molecule has 0 radical (unpaired) electrons. The topological polar surface area (TPSA) is 52.4 Å². The number of thiol groups is 1. The molecule has 4 nitrogen and oxygen atoms in total. The van der Waals surface area contributed by atoms with E-state index in [-0.39, 0.29) is 11.4 Å². The van der Waals surface area contributed by atoms with Gasteiger partial charge in [-0.25, -0.2) is 0 Å². The highest BCUT2D eigenvalue weighted by Gasteiger charge is 2.18. The van der Waals surface area contributed by atoms with Gasteiger partial charge in [-0.2, -0.15) is 0 Å². The molecule has 70 valence electrons. The van der Waals surface area contributed by atoms with Gasteiger partial charge in [0.25, 0.3) is 0 Å². The predicted molar refractivity (Wildman–Crippen MR) is 54.6 cm³/mol. The number of nitro benzene ring substituents is 1. The fourth-order valence-electron chi connectivity index (χ4n) is 0.910. The molecule has 0 saturated heterocycles. The number of nitrogens with zero attached hydrogens (tertiary/aromatic N) is 1. The van der Waals surface area contributed by atoms with Crippen LogP contribution in [0.25, 0.3) is 0 Å². The van der Waals surface area contributed by atoms with Gasteiger partial charge in [0, 0.05) is 10.5 Å². The Morgan fingerprint density at radius 3 is 2.69 bits per heavy atom. The van der Waals surface area contributed by atoms with Crippen LogP contribution in [0.2, 0.25) is 0 Å². The van der Waals surface area contributed by atoms with Crippen LogP contribution in [0.4, 0.5) is 5.69 Å². The Kier molecular flexibility index (Phi) is 3.16. The van der Waals surface area contributed by atoms with Gasteiger partial charge < -0.3 is 4.74 Å². The second-order valence-corrected chi connectivity index (χ2v) is 3.63. The second kappa shape index (κ2) is 3.97. The van der Waals surface area contributed by atoms with Crippen LogP contribution >= 0.6 is 28.6 Å². The molecule has 0 aliphatic carbocycles. The maximum atomic E-state index is 10.6. The Hall–Kier alpha value is -0.750. The first-order chi connectivity index (χ1) is 6.06. The molecule has 0 heterocycles. The Morgan fingerprint density at radius 2 is 2.23 bits per heavy atom. The normalized spacial score (nSPS) is 9.77. The standard InChI is InChI=1S/C7H6BrNO3S/c1-12-7-5(9(10)11)2-4(8)3-6(7)13/h2-3,13H,1H3. The molecular formula is C7H6BrNO3S. The zero-order valence-electron chi connectivity index (χ0n) is 6.65. The summed E-state index contributed by atoms with van der Waals surface area (Å²) in [4.78, 5) is 10.5. The van der Waals surface area contributed by atoms with E-state index in [1.54, 1.807) is 6.07 Å². The van der Waals surface area contributed by atoms with Crippen LogP contribution in [-0.2, 0) is 0 Å². The highest BCUT2D eigenvalue weighted by Crippen LogP contribution is 2.36. The third-order valence-corrected chi connectivity index (χ3v) is 2.21. The molecule has 0 atom stereocenters. The average Bonchev–Trinajstić information content (AvgIpc) is 2.02. The lowest BCUT2D eigenvalue weighted by molar-refractivity contribution is -0.386. The molecule has 1 aromatic carbocycles. The molecule has 6 heteroatoms. The van der Waals surface area contributed by atoms with Crippen LogP contribution in [0.3, 0.4) is 0 Å². The fraction of sp³-hybridized carbons (Fsp3) is 0.143. The first-order valence-corrected chi connectivity index (χ1v) is 4.51. The summed E-state index contributed by atoms with van der Waals surface area (Å²) >= 11 is 7.19. The van der Waals surface area contributed by atoms with Gasteiger partial charge in [-0.15, -0.1) is 12.6 Å². The summed E-state index contributed by atoms with van der Waals surface area (Å²) in [5.41, 5.74) is -0.0955. The van der Waals surface area contributed by atoms with Crippen molar-refractivity contribution < 1.29 is 9.66 Å². The predicted octanol–water partition coefficient (Wildman–Crippen LogP) is 2.65. The van der Waals surface area contributed by atoms with Gasteiger partial charge in [0.15, 0.2) is 0 Å². The minimum absolute atomic E-state index is 0.0955. The quantitative estimate of drug-likeness (QED) is 0.507. The molecule has 1 aromatic rings. The molecule has 0 bridgehead atoms. The lowest BCUT2D eigenvalue weighted by Crippen LogP contribution is -1.94. The monoisotopic (exact) mass is 263 g/mol. The summed E-state index contributed by atoms with van der Waals surface area (Å²) in [6.45, 7) is 0. The van der Waals surface area contributed by atoms with Crippen LogP contribution in [0.5, 0.6) is 5.75 Å². The summed E-state index contributed by atoms with van der Waals surface area (Å²) in [6, 6.07) is 3.01. The van der Waals surface area contributed by atoms with Crippen molar-refractivity contribution in [2.24, 2.45) is 0 Å². The zero-order valence-corrected chi connectivity index (χ0v) is 9.13. The van der Waals surface area contributed by atoms with Crippen molar-refractivity contribution in [3.05, 3.63) is 26.7 Å². The summed E-state index contributed by atoms with van der Waals surface area (Å²) in [5, 5.41) is 10.6. The van der Waals surface area contributed by atoms with E-state index < -0.39 is 4.92 Å². The second-order valence-electron chi connectivity index (χ2n) is 2.23. The van der Waals surface area contributed by atoms with Gasteiger partial charge >= 0.3 is 5.69 Å². The number of hydrogen-bond acceptors (Lipinski definition) is 4. The Bertz CT molecular complexity index is 356. The Balaban J connectivity index is 3.38. The first-order valence-electron chi connectivity index (χ1n) is 3.27. The first kappa shape index (κ1) is 10.3. The molecule has 13 heavy (non-hydrogen) atoms. The van der Waals surface area contributed by atoms with E-state index in [0.29, 0.717) is 9.37 Å². The van der Waals surface area contributed by atoms with Crippen molar-refractivity contribution in [2.45, 2.75) is 4.90 Å². The molecular weight excluding hydrogens is 258 g/mol. The van der Waals surface area contributed by atoms with E-state index in [4.69, 9.17) is 4.74 Å². The molecule has 0 spiro atoms. The number of nitro groups is 1. The van der Waals surface area contributed by atoms with Crippen LogP contribution in [0, 0.1) is 10.1 Å². The number of methoxy groups -OCH3 is 1. The maximum absolute atomic E-state index is 10.6. The number of rotatable bonds is 2. The number of halogens is 1. The number of ether oxygens (including phenoxy) is 1. The van der Waals surface area contributed by atoms with Crippen molar-refractivity contribution >= 4 is 34.2 Å². The number of hydrogen-bond donors (Lipinski definition) is 1.